The van der Waals surface area contributed by atoms with Crippen molar-refractivity contribution in [2.24, 2.45) is 23.5 Å². The summed E-state index contributed by atoms with van der Waals surface area (Å²) in [7, 11) is 0. The second-order valence-electron chi connectivity index (χ2n) is 6.73. The Morgan fingerprint density at radius 2 is 2.09 bits per heavy atom. The summed E-state index contributed by atoms with van der Waals surface area (Å²) >= 11 is 0. The lowest BCUT2D eigenvalue weighted by atomic mass is 9.84. The average molecular weight is 310 g/mol. The van der Waals surface area contributed by atoms with E-state index in [0.717, 1.165) is 24.1 Å². The molecule has 1 aromatic carbocycles. The minimum absolute atomic E-state index is 0.00869. The molecule has 5 nitrogen and oxygen atoms in total. The van der Waals surface area contributed by atoms with Crippen LogP contribution in [-0.4, -0.2) is 21.7 Å². The molecule has 4 unspecified atom stereocenters. The van der Waals surface area contributed by atoms with Crippen LogP contribution in [0.1, 0.15) is 24.8 Å². The van der Waals surface area contributed by atoms with Gasteiger partial charge >= 0.3 is 0 Å². The Balaban J connectivity index is 1.47. The van der Waals surface area contributed by atoms with E-state index in [2.05, 4.69) is 10.4 Å². The Morgan fingerprint density at radius 1 is 1.26 bits per heavy atom. The Labute approximate surface area is 135 Å². The fourth-order valence-electron chi connectivity index (χ4n) is 4.32. The molecule has 4 rings (SSSR count). The van der Waals surface area contributed by atoms with E-state index in [-0.39, 0.29) is 17.9 Å². The van der Waals surface area contributed by atoms with Crippen LogP contribution in [-0.2, 0) is 11.3 Å². The second kappa shape index (κ2) is 5.81. The van der Waals surface area contributed by atoms with E-state index < -0.39 is 0 Å². The molecule has 1 heterocycles. The van der Waals surface area contributed by atoms with Gasteiger partial charge in [0.15, 0.2) is 0 Å². The summed E-state index contributed by atoms with van der Waals surface area (Å²) in [4.78, 5) is 12.6. The van der Waals surface area contributed by atoms with Crippen LogP contribution in [0.4, 0.5) is 0 Å². The molecule has 0 radical (unpaired) electrons. The minimum Gasteiger partial charge on any atom is -0.352 e. The Kier molecular flexibility index (Phi) is 3.65. The van der Waals surface area contributed by atoms with Gasteiger partial charge in [0.25, 0.3) is 0 Å². The van der Waals surface area contributed by atoms with E-state index >= 15 is 0 Å². The van der Waals surface area contributed by atoms with E-state index in [0.29, 0.717) is 18.4 Å². The third kappa shape index (κ3) is 2.55. The summed E-state index contributed by atoms with van der Waals surface area (Å²) in [5.74, 6) is 1.13. The SMILES string of the molecule is NC1C2CCC(C2)C1C(=O)NCc1ccccc1-n1cccn1. The number of rotatable bonds is 4. The number of nitrogens with two attached hydrogens (primary N) is 1. The fourth-order valence-corrected chi connectivity index (χ4v) is 4.32. The first-order valence-corrected chi connectivity index (χ1v) is 8.35. The van der Waals surface area contributed by atoms with Crippen LogP contribution in [0.2, 0.25) is 0 Å². The van der Waals surface area contributed by atoms with Gasteiger partial charge in [-0.15, -0.1) is 0 Å². The Bertz CT molecular complexity index is 695. The number of aromatic nitrogens is 2. The van der Waals surface area contributed by atoms with Gasteiger partial charge in [-0.1, -0.05) is 18.2 Å². The van der Waals surface area contributed by atoms with Crippen molar-refractivity contribution in [1.82, 2.24) is 15.1 Å². The molecule has 0 saturated heterocycles. The highest BCUT2D eigenvalue weighted by Crippen LogP contribution is 2.47. The predicted molar refractivity (Wildman–Crippen MR) is 87.7 cm³/mol. The molecule has 5 heteroatoms. The number of amides is 1. The molecule has 1 aromatic heterocycles. The highest BCUT2D eigenvalue weighted by molar-refractivity contribution is 5.80. The molecule has 2 aliphatic carbocycles. The van der Waals surface area contributed by atoms with Crippen LogP contribution in [0.15, 0.2) is 42.7 Å². The number of carbonyl (C=O) groups is 1. The summed E-state index contributed by atoms with van der Waals surface area (Å²) in [6.45, 7) is 0.509. The van der Waals surface area contributed by atoms with Crippen molar-refractivity contribution in [1.29, 1.82) is 0 Å². The number of hydrogen-bond donors (Lipinski definition) is 2. The van der Waals surface area contributed by atoms with Crippen LogP contribution in [0.3, 0.4) is 0 Å². The first kappa shape index (κ1) is 14.5. The zero-order chi connectivity index (χ0) is 15.8. The van der Waals surface area contributed by atoms with Crippen molar-refractivity contribution in [2.75, 3.05) is 0 Å². The number of carbonyl (C=O) groups excluding carboxylic acids is 1. The number of fused-ring (bicyclic) bond motifs is 2. The molecule has 2 bridgehead atoms. The maximum atomic E-state index is 12.6. The van der Waals surface area contributed by atoms with Gasteiger partial charge in [0.05, 0.1) is 11.6 Å². The third-order valence-electron chi connectivity index (χ3n) is 5.48. The maximum Gasteiger partial charge on any atom is 0.225 e. The van der Waals surface area contributed by atoms with Gasteiger partial charge in [0.2, 0.25) is 5.91 Å². The van der Waals surface area contributed by atoms with Crippen molar-refractivity contribution in [3.8, 4) is 5.69 Å². The quantitative estimate of drug-likeness (QED) is 0.905. The molecular weight excluding hydrogens is 288 g/mol. The smallest absolute Gasteiger partial charge is 0.225 e. The summed E-state index contributed by atoms with van der Waals surface area (Å²) in [6.07, 6.45) is 7.14. The van der Waals surface area contributed by atoms with Gasteiger partial charge in [-0.05, 0) is 48.8 Å². The van der Waals surface area contributed by atoms with E-state index in [1.165, 1.54) is 6.42 Å². The maximum absolute atomic E-state index is 12.6. The average Bonchev–Trinajstić information content (AvgIpc) is 3.30. The van der Waals surface area contributed by atoms with Crippen LogP contribution in [0, 0.1) is 17.8 Å². The second-order valence-corrected chi connectivity index (χ2v) is 6.73. The normalized spacial score (nSPS) is 28.9. The van der Waals surface area contributed by atoms with Crippen molar-refractivity contribution in [3.63, 3.8) is 0 Å². The molecule has 0 aliphatic heterocycles. The van der Waals surface area contributed by atoms with Crippen LogP contribution in [0.5, 0.6) is 0 Å². The van der Waals surface area contributed by atoms with E-state index in [1.807, 2.05) is 41.2 Å². The Morgan fingerprint density at radius 3 is 2.83 bits per heavy atom. The van der Waals surface area contributed by atoms with Crippen LogP contribution in [0.25, 0.3) is 5.69 Å². The highest BCUT2D eigenvalue weighted by atomic mass is 16.1. The van der Waals surface area contributed by atoms with Gasteiger partial charge in [-0.2, -0.15) is 5.10 Å². The monoisotopic (exact) mass is 310 g/mol. The van der Waals surface area contributed by atoms with Crippen molar-refractivity contribution < 1.29 is 4.79 Å². The van der Waals surface area contributed by atoms with Crippen molar-refractivity contribution in [3.05, 3.63) is 48.3 Å². The van der Waals surface area contributed by atoms with Crippen LogP contribution >= 0.6 is 0 Å². The van der Waals surface area contributed by atoms with Gasteiger partial charge in [-0.3, -0.25) is 4.79 Å². The molecule has 1 amide bonds. The van der Waals surface area contributed by atoms with E-state index in [1.54, 1.807) is 6.20 Å². The van der Waals surface area contributed by atoms with Gasteiger partial charge in [-0.25, -0.2) is 4.68 Å². The fraction of sp³-hybridized carbons (Fsp3) is 0.444. The highest BCUT2D eigenvalue weighted by Gasteiger charge is 2.48. The zero-order valence-electron chi connectivity index (χ0n) is 13.1. The first-order chi connectivity index (χ1) is 11.2. The molecule has 2 fully saturated rings. The van der Waals surface area contributed by atoms with Gasteiger partial charge in [0, 0.05) is 25.0 Å². The lowest BCUT2D eigenvalue weighted by Gasteiger charge is -2.27. The largest absolute Gasteiger partial charge is 0.352 e. The molecule has 23 heavy (non-hydrogen) atoms. The Hall–Kier alpha value is -2.14. The number of benzene rings is 1. The van der Waals surface area contributed by atoms with Crippen molar-refractivity contribution >= 4 is 5.91 Å². The van der Waals surface area contributed by atoms with Crippen LogP contribution < -0.4 is 11.1 Å². The van der Waals surface area contributed by atoms with Gasteiger partial charge < -0.3 is 11.1 Å². The lowest BCUT2D eigenvalue weighted by molar-refractivity contribution is -0.127. The van der Waals surface area contributed by atoms with Crippen molar-refractivity contribution in [2.45, 2.75) is 31.8 Å². The molecule has 4 atom stereocenters. The zero-order valence-corrected chi connectivity index (χ0v) is 13.1. The number of nitrogens with one attached hydrogen (secondary N) is 1. The molecule has 2 aromatic rings. The number of nitrogens with zero attached hydrogens (tertiary/aromatic N) is 2. The summed E-state index contributed by atoms with van der Waals surface area (Å²) in [6, 6.07) is 9.93. The lowest BCUT2D eigenvalue weighted by Crippen LogP contribution is -2.45. The summed E-state index contributed by atoms with van der Waals surface area (Å²) in [5, 5.41) is 7.38. The molecule has 0 spiro atoms. The predicted octanol–water partition coefficient (Wildman–Crippen LogP) is 1.86. The molecule has 2 saturated carbocycles. The number of para-hydroxylation sites is 1. The molecule has 3 N–H and O–H groups in total. The summed E-state index contributed by atoms with van der Waals surface area (Å²) < 4.78 is 1.82. The standard InChI is InChI=1S/C18H22N4O/c19-17-13-7-6-12(10-13)16(17)18(23)20-11-14-4-1-2-5-15(14)22-9-3-8-21-22/h1-5,8-9,12-13,16-17H,6-7,10-11,19H2,(H,20,23). The minimum atomic E-state index is -0.00869. The molecule has 2 aliphatic rings. The van der Waals surface area contributed by atoms with E-state index in [4.69, 9.17) is 5.73 Å². The van der Waals surface area contributed by atoms with E-state index in [9.17, 15) is 4.79 Å². The molecular formula is C18H22N4O. The topological polar surface area (TPSA) is 72.9 Å². The number of hydrogen-bond acceptors (Lipinski definition) is 3. The first-order valence-electron chi connectivity index (χ1n) is 8.35. The van der Waals surface area contributed by atoms with Gasteiger partial charge in [0.1, 0.15) is 0 Å². The third-order valence-corrected chi connectivity index (χ3v) is 5.48. The summed E-state index contributed by atoms with van der Waals surface area (Å²) in [5.41, 5.74) is 8.32. The molecule has 120 valence electrons.